The number of para-hydroxylation sites is 1. The maximum atomic E-state index is 11.8. The van der Waals surface area contributed by atoms with E-state index in [0.29, 0.717) is 11.1 Å². The van der Waals surface area contributed by atoms with E-state index in [1.807, 2.05) is 31.2 Å². The average Bonchev–Trinajstić information content (AvgIpc) is 3.08. The number of ether oxygens (including phenoxy) is 1. The van der Waals surface area contributed by atoms with Gasteiger partial charge in [0.1, 0.15) is 5.75 Å². The van der Waals surface area contributed by atoms with Crippen molar-refractivity contribution < 1.29 is 13.9 Å². The molecule has 1 aromatic carbocycles. The summed E-state index contributed by atoms with van der Waals surface area (Å²) in [6.45, 7) is 2.13. The zero-order chi connectivity index (χ0) is 17.5. The van der Waals surface area contributed by atoms with E-state index in [1.165, 1.54) is 0 Å². The number of benzene rings is 1. The Morgan fingerprint density at radius 3 is 2.80 bits per heavy atom. The van der Waals surface area contributed by atoms with Crippen LogP contribution in [0, 0.1) is 6.92 Å². The topological polar surface area (TPSA) is 103 Å². The molecule has 9 heteroatoms. The minimum absolute atomic E-state index is 0.110. The second-order valence-electron chi connectivity index (χ2n) is 4.93. The van der Waals surface area contributed by atoms with Crippen LogP contribution in [0.5, 0.6) is 5.75 Å². The summed E-state index contributed by atoms with van der Waals surface area (Å²) in [6.07, 6.45) is 3.10. The van der Waals surface area contributed by atoms with Gasteiger partial charge in [0.15, 0.2) is 6.61 Å². The second-order valence-corrected chi connectivity index (χ2v) is 5.85. The van der Waals surface area contributed by atoms with Crippen LogP contribution in [0.3, 0.4) is 0 Å². The maximum Gasteiger partial charge on any atom is 0.277 e. The summed E-state index contributed by atoms with van der Waals surface area (Å²) in [7, 11) is 0. The van der Waals surface area contributed by atoms with Crippen molar-refractivity contribution in [1.82, 2.24) is 20.2 Å². The first kappa shape index (κ1) is 16.9. The molecule has 0 fully saturated rings. The Kier molecular flexibility index (Phi) is 5.57. The highest BCUT2D eigenvalue weighted by atomic mass is 32.2. The number of hydrogen-bond acceptors (Lipinski definition) is 8. The molecule has 0 spiro atoms. The summed E-state index contributed by atoms with van der Waals surface area (Å²) >= 11 is 1.13. The fourth-order valence-electron chi connectivity index (χ4n) is 1.86. The van der Waals surface area contributed by atoms with E-state index in [-0.39, 0.29) is 24.2 Å². The quantitative estimate of drug-likeness (QED) is 0.643. The number of anilines is 1. The van der Waals surface area contributed by atoms with Gasteiger partial charge in [-0.05, 0) is 24.6 Å². The molecule has 128 valence electrons. The molecule has 0 aliphatic heterocycles. The van der Waals surface area contributed by atoms with E-state index in [9.17, 15) is 4.79 Å². The van der Waals surface area contributed by atoms with Crippen molar-refractivity contribution >= 4 is 23.6 Å². The number of hydrogen-bond donors (Lipinski definition) is 1. The minimum atomic E-state index is -0.257. The summed E-state index contributed by atoms with van der Waals surface area (Å²) in [5.74, 6) is 1.21. The zero-order valence-electron chi connectivity index (χ0n) is 13.4. The first-order valence-corrected chi connectivity index (χ1v) is 8.40. The number of nitrogens with one attached hydrogen (secondary N) is 1. The number of carbonyl (C=O) groups excluding carboxylic acids is 1. The van der Waals surface area contributed by atoms with Crippen LogP contribution >= 0.6 is 11.8 Å². The number of aromatic nitrogens is 4. The van der Waals surface area contributed by atoms with Crippen LogP contribution in [0.15, 0.2) is 52.4 Å². The van der Waals surface area contributed by atoms with Gasteiger partial charge in [-0.2, -0.15) is 0 Å². The Balaban J connectivity index is 1.47. The SMILES string of the molecule is Cc1ccccc1OCc1nnc(SCC(=O)Nc2ncccn2)o1. The van der Waals surface area contributed by atoms with Gasteiger partial charge in [0.2, 0.25) is 11.9 Å². The second kappa shape index (κ2) is 8.25. The third kappa shape index (κ3) is 5.01. The molecular weight excluding hydrogens is 342 g/mol. The molecule has 2 aromatic heterocycles. The Morgan fingerprint density at radius 1 is 1.20 bits per heavy atom. The molecule has 3 rings (SSSR count). The smallest absolute Gasteiger partial charge is 0.277 e. The van der Waals surface area contributed by atoms with Crippen molar-refractivity contribution in [3.63, 3.8) is 0 Å². The van der Waals surface area contributed by atoms with Crippen LogP contribution in [-0.4, -0.2) is 31.8 Å². The summed E-state index contributed by atoms with van der Waals surface area (Å²) in [5, 5.41) is 10.7. The predicted molar refractivity (Wildman–Crippen MR) is 91.2 cm³/mol. The van der Waals surface area contributed by atoms with Crippen molar-refractivity contribution in [3.8, 4) is 5.75 Å². The lowest BCUT2D eigenvalue weighted by Crippen LogP contribution is -2.15. The highest BCUT2D eigenvalue weighted by Gasteiger charge is 2.11. The fourth-order valence-corrected chi connectivity index (χ4v) is 2.44. The highest BCUT2D eigenvalue weighted by Crippen LogP contribution is 2.20. The van der Waals surface area contributed by atoms with Crippen molar-refractivity contribution in [2.45, 2.75) is 18.8 Å². The minimum Gasteiger partial charge on any atom is -0.484 e. The van der Waals surface area contributed by atoms with Gasteiger partial charge >= 0.3 is 0 Å². The van der Waals surface area contributed by atoms with E-state index < -0.39 is 0 Å². The molecule has 0 radical (unpaired) electrons. The highest BCUT2D eigenvalue weighted by molar-refractivity contribution is 7.99. The van der Waals surface area contributed by atoms with Gasteiger partial charge in [0, 0.05) is 12.4 Å². The Hall–Kier alpha value is -2.94. The molecule has 0 unspecified atom stereocenters. The molecule has 0 bridgehead atoms. The first-order chi connectivity index (χ1) is 12.2. The van der Waals surface area contributed by atoms with Crippen molar-refractivity contribution in [2.24, 2.45) is 0 Å². The summed E-state index contributed by atoms with van der Waals surface area (Å²) < 4.78 is 11.1. The summed E-state index contributed by atoms with van der Waals surface area (Å²) in [5.41, 5.74) is 1.02. The van der Waals surface area contributed by atoms with Crippen LogP contribution in [0.25, 0.3) is 0 Å². The van der Waals surface area contributed by atoms with Crippen molar-refractivity contribution in [3.05, 3.63) is 54.2 Å². The van der Waals surface area contributed by atoms with Gasteiger partial charge in [0.05, 0.1) is 5.75 Å². The maximum absolute atomic E-state index is 11.8. The van der Waals surface area contributed by atoms with Crippen LogP contribution in [-0.2, 0) is 11.4 Å². The zero-order valence-corrected chi connectivity index (χ0v) is 14.2. The number of aryl methyl sites for hydroxylation is 1. The van der Waals surface area contributed by atoms with E-state index in [1.54, 1.807) is 18.5 Å². The van der Waals surface area contributed by atoms with E-state index in [2.05, 4.69) is 25.5 Å². The fraction of sp³-hybridized carbons (Fsp3) is 0.188. The number of carbonyl (C=O) groups is 1. The van der Waals surface area contributed by atoms with Crippen LogP contribution < -0.4 is 10.1 Å². The normalized spacial score (nSPS) is 10.4. The lowest BCUT2D eigenvalue weighted by Gasteiger charge is -2.05. The average molecular weight is 357 g/mol. The van der Waals surface area contributed by atoms with Gasteiger partial charge in [0.25, 0.3) is 11.1 Å². The van der Waals surface area contributed by atoms with E-state index >= 15 is 0 Å². The van der Waals surface area contributed by atoms with Crippen LogP contribution in [0.4, 0.5) is 5.95 Å². The Bertz CT molecular complexity index is 841. The molecule has 2 heterocycles. The lowest BCUT2D eigenvalue weighted by molar-refractivity contribution is -0.113. The molecule has 0 saturated carbocycles. The molecule has 0 aliphatic rings. The number of nitrogens with zero attached hydrogens (tertiary/aromatic N) is 4. The third-order valence-electron chi connectivity index (χ3n) is 3.04. The first-order valence-electron chi connectivity index (χ1n) is 7.41. The molecular formula is C16H15N5O3S. The van der Waals surface area contributed by atoms with Gasteiger partial charge in [-0.3, -0.25) is 10.1 Å². The molecule has 0 atom stereocenters. The Morgan fingerprint density at radius 2 is 2.00 bits per heavy atom. The molecule has 0 aliphatic carbocycles. The third-order valence-corrected chi connectivity index (χ3v) is 3.86. The van der Waals surface area contributed by atoms with Crippen LogP contribution in [0.1, 0.15) is 11.5 Å². The summed E-state index contributed by atoms with van der Waals surface area (Å²) in [6, 6.07) is 9.34. The molecule has 25 heavy (non-hydrogen) atoms. The molecule has 8 nitrogen and oxygen atoms in total. The monoisotopic (exact) mass is 357 g/mol. The van der Waals surface area contributed by atoms with E-state index in [0.717, 1.165) is 23.1 Å². The number of rotatable bonds is 7. The number of thioether (sulfide) groups is 1. The van der Waals surface area contributed by atoms with E-state index in [4.69, 9.17) is 9.15 Å². The lowest BCUT2D eigenvalue weighted by atomic mass is 10.2. The van der Waals surface area contributed by atoms with Gasteiger partial charge < -0.3 is 9.15 Å². The van der Waals surface area contributed by atoms with Crippen molar-refractivity contribution in [1.29, 1.82) is 0 Å². The molecule has 1 amide bonds. The largest absolute Gasteiger partial charge is 0.484 e. The van der Waals surface area contributed by atoms with Crippen molar-refractivity contribution in [2.75, 3.05) is 11.1 Å². The van der Waals surface area contributed by atoms with Gasteiger partial charge in [-0.25, -0.2) is 9.97 Å². The molecule has 1 N–H and O–H groups in total. The Labute approximate surface area is 148 Å². The van der Waals surface area contributed by atoms with Gasteiger partial charge in [-0.15, -0.1) is 10.2 Å². The molecule has 3 aromatic rings. The van der Waals surface area contributed by atoms with Crippen LogP contribution in [0.2, 0.25) is 0 Å². The predicted octanol–water partition coefficient (Wildman–Crippen LogP) is 2.48. The summed E-state index contributed by atoms with van der Waals surface area (Å²) in [4.78, 5) is 19.6. The molecule has 0 saturated heterocycles. The van der Waals surface area contributed by atoms with Gasteiger partial charge in [-0.1, -0.05) is 30.0 Å². The number of amides is 1. The standard InChI is InChI=1S/C16H15N5O3S/c1-11-5-2-3-6-12(11)23-9-14-20-21-16(24-14)25-10-13(22)19-15-17-7-4-8-18-15/h2-8H,9-10H2,1H3,(H,17,18,19,22).